The summed E-state index contributed by atoms with van der Waals surface area (Å²) in [5.74, 6) is 2.80. The van der Waals surface area contributed by atoms with Crippen LogP contribution in [0.25, 0.3) is 22.3 Å². The lowest BCUT2D eigenvalue weighted by Gasteiger charge is -2.13. The third-order valence-electron chi connectivity index (χ3n) is 7.18. The highest BCUT2D eigenvalue weighted by molar-refractivity contribution is 5.80. The molecule has 1 aromatic heterocycles. The zero-order valence-electron chi connectivity index (χ0n) is 20.1. The van der Waals surface area contributed by atoms with E-state index >= 15 is 0 Å². The molecule has 0 bridgehead atoms. The second kappa shape index (κ2) is 10.3. The molecule has 1 saturated heterocycles. The first-order chi connectivity index (χ1) is 16.4. The summed E-state index contributed by atoms with van der Waals surface area (Å²) in [5, 5.41) is 2.67. The van der Waals surface area contributed by atoms with Gasteiger partial charge in [-0.1, -0.05) is 55.5 Å². The van der Waals surface area contributed by atoms with E-state index in [1.54, 1.807) is 6.07 Å². The number of aryl methyl sites for hydroxylation is 1. The van der Waals surface area contributed by atoms with Crippen LogP contribution in [-0.2, 0) is 11.2 Å². The summed E-state index contributed by atoms with van der Waals surface area (Å²) in [6.45, 7) is 7.68. The van der Waals surface area contributed by atoms with Gasteiger partial charge in [0.15, 0.2) is 0 Å². The number of nitrogens with one attached hydrogen (secondary N) is 1. The predicted octanol–water partition coefficient (Wildman–Crippen LogP) is 4.55. The van der Waals surface area contributed by atoms with Crippen LogP contribution in [0.4, 0.5) is 10.2 Å². The Bertz CT molecular complexity index is 1140. The molecule has 2 aliphatic rings. The molecule has 6 heteroatoms. The number of halogens is 1. The summed E-state index contributed by atoms with van der Waals surface area (Å²) in [4.78, 5) is 16.8. The number of hydrogen-bond acceptors (Lipinski definition) is 4. The normalized spacial score (nSPS) is 20.8. The van der Waals surface area contributed by atoms with Gasteiger partial charge in [0.25, 0.3) is 0 Å². The molecular formula is C28H33FN4O. The van der Waals surface area contributed by atoms with E-state index in [1.165, 1.54) is 13.1 Å². The number of anilines is 1. The lowest BCUT2D eigenvalue weighted by Crippen LogP contribution is -2.18. The number of carbonyl (C=O) groups is 1. The third kappa shape index (κ3) is 5.28. The zero-order chi connectivity index (χ0) is 24.2. The van der Waals surface area contributed by atoms with Crippen LogP contribution >= 0.6 is 0 Å². The van der Waals surface area contributed by atoms with E-state index in [-0.39, 0.29) is 5.82 Å². The number of nitrogen functional groups attached to an aromatic ring is 1. The minimum absolute atomic E-state index is 0.156. The molecule has 2 atom stereocenters. The van der Waals surface area contributed by atoms with Crippen LogP contribution in [0, 0.1) is 30.6 Å². The molecule has 1 aliphatic heterocycles. The zero-order valence-corrected chi connectivity index (χ0v) is 20.1. The van der Waals surface area contributed by atoms with Crippen molar-refractivity contribution in [1.82, 2.24) is 15.2 Å². The molecular weight excluding hydrogens is 427 g/mol. The second-order valence-corrected chi connectivity index (χ2v) is 9.50. The molecule has 34 heavy (non-hydrogen) atoms. The third-order valence-corrected chi connectivity index (χ3v) is 7.18. The molecule has 178 valence electrons. The number of piperidine rings is 1. The predicted molar refractivity (Wildman–Crippen MR) is 136 cm³/mol. The molecule has 0 radical (unpaired) electrons. The van der Waals surface area contributed by atoms with Gasteiger partial charge < -0.3 is 16.0 Å². The van der Waals surface area contributed by atoms with E-state index in [2.05, 4.69) is 29.2 Å². The Morgan fingerprint density at radius 2 is 1.79 bits per heavy atom. The first kappa shape index (κ1) is 23.9. The number of rotatable bonds is 6. The average molecular weight is 461 g/mol. The molecule has 1 saturated carbocycles. The van der Waals surface area contributed by atoms with Gasteiger partial charge in [-0.2, -0.15) is 4.39 Å². The van der Waals surface area contributed by atoms with Crippen LogP contribution < -0.4 is 11.1 Å². The van der Waals surface area contributed by atoms with Gasteiger partial charge in [0.1, 0.15) is 5.82 Å². The molecule has 3 aromatic rings. The SMILES string of the molecule is CC1C2CN(C)CC12.Cc1ccc(-c2cc(-c3ccccc3)c(F)nc2N)cc1CCNC=O. The molecule has 1 aliphatic carbocycles. The van der Waals surface area contributed by atoms with Crippen molar-refractivity contribution in [3.63, 3.8) is 0 Å². The number of pyridine rings is 1. The maximum Gasteiger partial charge on any atom is 0.222 e. The van der Waals surface area contributed by atoms with Crippen molar-refractivity contribution < 1.29 is 9.18 Å². The highest BCUT2D eigenvalue weighted by Gasteiger charge is 2.51. The minimum Gasteiger partial charge on any atom is -0.383 e. The fourth-order valence-corrected chi connectivity index (χ4v) is 4.96. The summed E-state index contributed by atoms with van der Waals surface area (Å²) in [6, 6.07) is 17.0. The number of fused-ring (bicyclic) bond motifs is 1. The molecule has 5 nitrogen and oxygen atoms in total. The quantitative estimate of drug-likeness (QED) is 0.322. The highest BCUT2D eigenvalue weighted by Crippen LogP contribution is 2.50. The van der Waals surface area contributed by atoms with Gasteiger partial charge in [-0.15, -0.1) is 0 Å². The Labute approximate surface area is 201 Å². The van der Waals surface area contributed by atoms with Crippen LogP contribution in [-0.4, -0.2) is 43.0 Å². The van der Waals surface area contributed by atoms with Crippen LogP contribution in [0.5, 0.6) is 0 Å². The van der Waals surface area contributed by atoms with Crippen molar-refractivity contribution in [1.29, 1.82) is 0 Å². The number of hydrogen-bond donors (Lipinski definition) is 2. The van der Waals surface area contributed by atoms with Gasteiger partial charge in [0.2, 0.25) is 12.4 Å². The lowest BCUT2D eigenvalue weighted by atomic mass is 9.96. The highest BCUT2D eigenvalue weighted by atomic mass is 19.1. The maximum atomic E-state index is 14.3. The molecule has 5 rings (SSSR count). The standard InChI is InChI=1S/C21H20FN3O.C7H13N/c1-14-7-8-17(11-16(14)9-10-24-13-26)19-12-18(20(22)25-21(19)23)15-5-3-2-4-6-15;1-5-6-3-8(2)4-7(5)6/h2-8,11-13H,9-10H2,1H3,(H2,23,25)(H,24,26);5-7H,3-4H2,1-2H3. The second-order valence-electron chi connectivity index (χ2n) is 9.50. The number of nitrogens with two attached hydrogens (primary N) is 1. The van der Waals surface area contributed by atoms with Crippen LogP contribution in [0.3, 0.4) is 0 Å². The summed E-state index contributed by atoms with van der Waals surface area (Å²) in [5.41, 5.74) is 11.0. The van der Waals surface area contributed by atoms with E-state index in [1.807, 2.05) is 55.5 Å². The summed E-state index contributed by atoms with van der Waals surface area (Å²) >= 11 is 0. The smallest absolute Gasteiger partial charge is 0.222 e. The van der Waals surface area contributed by atoms with Gasteiger partial charge in [-0.25, -0.2) is 4.98 Å². The van der Waals surface area contributed by atoms with Crippen LogP contribution in [0.1, 0.15) is 18.1 Å². The van der Waals surface area contributed by atoms with E-state index in [0.717, 1.165) is 40.0 Å². The summed E-state index contributed by atoms with van der Waals surface area (Å²) < 4.78 is 14.3. The fraction of sp³-hybridized carbons (Fsp3) is 0.357. The van der Waals surface area contributed by atoms with Crippen LogP contribution in [0.15, 0.2) is 54.6 Å². The average Bonchev–Trinajstić information content (AvgIpc) is 3.22. The Balaban J connectivity index is 0.000000285. The topological polar surface area (TPSA) is 71.2 Å². The number of benzene rings is 2. The molecule has 2 heterocycles. The molecule has 1 amide bonds. The van der Waals surface area contributed by atoms with E-state index in [0.29, 0.717) is 30.5 Å². The van der Waals surface area contributed by atoms with Crippen molar-refractivity contribution in [2.45, 2.75) is 20.3 Å². The summed E-state index contributed by atoms with van der Waals surface area (Å²) in [7, 11) is 2.22. The van der Waals surface area contributed by atoms with Crippen molar-refractivity contribution in [3.8, 4) is 22.3 Å². The molecule has 2 unspecified atom stereocenters. The van der Waals surface area contributed by atoms with Crippen molar-refractivity contribution in [3.05, 3.63) is 71.7 Å². The fourth-order valence-electron chi connectivity index (χ4n) is 4.96. The van der Waals surface area contributed by atoms with Crippen molar-refractivity contribution >= 4 is 12.2 Å². The van der Waals surface area contributed by atoms with Crippen LogP contribution in [0.2, 0.25) is 0 Å². The minimum atomic E-state index is -0.583. The molecule has 3 N–H and O–H groups in total. The lowest BCUT2D eigenvalue weighted by molar-refractivity contribution is -0.109. The number of aromatic nitrogens is 1. The Morgan fingerprint density at radius 1 is 1.09 bits per heavy atom. The Kier molecular flexibility index (Phi) is 7.27. The number of amides is 1. The molecule has 2 aromatic carbocycles. The first-order valence-corrected chi connectivity index (χ1v) is 11.9. The van der Waals surface area contributed by atoms with E-state index in [4.69, 9.17) is 5.73 Å². The Morgan fingerprint density at radius 3 is 2.44 bits per heavy atom. The number of nitrogens with zero attached hydrogens (tertiary/aromatic N) is 2. The van der Waals surface area contributed by atoms with Gasteiger partial charge in [0, 0.05) is 30.8 Å². The largest absolute Gasteiger partial charge is 0.383 e. The van der Waals surface area contributed by atoms with Crippen molar-refractivity contribution in [2.75, 3.05) is 32.4 Å². The van der Waals surface area contributed by atoms with Gasteiger partial charge >= 0.3 is 0 Å². The molecule has 2 fully saturated rings. The summed E-state index contributed by atoms with van der Waals surface area (Å²) in [6.07, 6.45) is 1.39. The van der Waals surface area contributed by atoms with Gasteiger partial charge in [-0.05, 0) is 66.5 Å². The van der Waals surface area contributed by atoms with E-state index in [9.17, 15) is 9.18 Å². The van der Waals surface area contributed by atoms with Gasteiger partial charge in [-0.3, -0.25) is 4.79 Å². The Hall–Kier alpha value is -3.25. The maximum absolute atomic E-state index is 14.3. The van der Waals surface area contributed by atoms with E-state index < -0.39 is 5.95 Å². The monoisotopic (exact) mass is 460 g/mol. The number of carbonyl (C=O) groups excluding carboxylic acids is 1. The number of likely N-dealkylation sites (tertiary alicyclic amines) is 1. The van der Waals surface area contributed by atoms with Crippen molar-refractivity contribution in [2.24, 2.45) is 17.8 Å². The first-order valence-electron chi connectivity index (χ1n) is 11.9. The molecule has 0 spiro atoms. The van der Waals surface area contributed by atoms with Gasteiger partial charge in [0.05, 0.1) is 0 Å².